The number of halogens is 7. The van der Waals surface area contributed by atoms with E-state index in [1.54, 1.807) is 6.92 Å². The summed E-state index contributed by atoms with van der Waals surface area (Å²) in [5, 5.41) is 9.37. The van der Waals surface area contributed by atoms with E-state index in [9.17, 15) is 26.3 Å². The van der Waals surface area contributed by atoms with Crippen LogP contribution in [0, 0.1) is 5.92 Å². The molecule has 0 amide bonds. The van der Waals surface area contributed by atoms with Crippen LogP contribution in [0.2, 0.25) is 0 Å². The molecule has 0 bridgehead atoms. The Morgan fingerprint density at radius 1 is 1.18 bits per heavy atom. The number of aromatic nitrogens is 2. The first-order valence-corrected chi connectivity index (χ1v) is 8.72. The van der Waals surface area contributed by atoms with Gasteiger partial charge < -0.3 is 10.6 Å². The van der Waals surface area contributed by atoms with Crippen LogP contribution in [0.3, 0.4) is 0 Å². The average molecular weight is 527 g/mol. The lowest BCUT2D eigenvalue weighted by atomic mass is 9.85. The summed E-state index contributed by atoms with van der Waals surface area (Å²) in [6.45, 7) is 2.03. The van der Waals surface area contributed by atoms with Gasteiger partial charge in [0, 0.05) is 31.4 Å². The van der Waals surface area contributed by atoms with Crippen molar-refractivity contribution >= 4 is 29.9 Å². The second-order valence-electron chi connectivity index (χ2n) is 6.60. The first kappa shape index (κ1) is 24.8. The minimum atomic E-state index is -4.58. The van der Waals surface area contributed by atoms with Gasteiger partial charge in [-0.15, -0.1) is 24.0 Å². The lowest BCUT2D eigenvalue weighted by Crippen LogP contribution is -2.45. The molecule has 1 fully saturated rings. The number of alkyl halides is 6. The summed E-state index contributed by atoms with van der Waals surface area (Å²) in [5.74, 6) is -1.01. The SMILES string of the molecule is CCNC(=NCc1cn(C)nc1C(F)(F)F)NC1CCC(C(F)(F)F)CC1.I. The number of aliphatic imine (C=N–C) groups is 1. The molecule has 0 aromatic carbocycles. The van der Waals surface area contributed by atoms with Crippen molar-refractivity contribution < 1.29 is 26.3 Å². The summed E-state index contributed by atoms with van der Waals surface area (Å²) in [4.78, 5) is 4.15. The summed E-state index contributed by atoms with van der Waals surface area (Å²) in [6, 6.07) is -0.197. The van der Waals surface area contributed by atoms with Gasteiger partial charge in [-0.05, 0) is 32.6 Å². The fourth-order valence-corrected chi connectivity index (χ4v) is 3.13. The Morgan fingerprint density at radius 3 is 2.29 bits per heavy atom. The minimum absolute atomic E-state index is 0. The molecule has 162 valence electrons. The molecule has 0 radical (unpaired) electrons. The molecule has 1 aromatic heterocycles. The molecule has 12 heteroatoms. The van der Waals surface area contributed by atoms with E-state index in [4.69, 9.17) is 0 Å². The molecule has 2 N–H and O–H groups in total. The zero-order valence-electron chi connectivity index (χ0n) is 15.5. The Hall–Kier alpha value is -1.21. The highest BCUT2D eigenvalue weighted by Gasteiger charge is 2.41. The fraction of sp³-hybridized carbons (Fsp3) is 0.750. The molecule has 5 nitrogen and oxygen atoms in total. The zero-order valence-corrected chi connectivity index (χ0v) is 17.8. The van der Waals surface area contributed by atoms with E-state index < -0.39 is 24.0 Å². The smallest absolute Gasteiger partial charge is 0.357 e. The third kappa shape index (κ3) is 6.99. The van der Waals surface area contributed by atoms with Crippen molar-refractivity contribution in [1.82, 2.24) is 20.4 Å². The molecule has 1 aliphatic carbocycles. The van der Waals surface area contributed by atoms with Gasteiger partial charge in [-0.2, -0.15) is 31.4 Å². The van der Waals surface area contributed by atoms with Gasteiger partial charge in [0.1, 0.15) is 0 Å². The van der Waals surface area contributed by atoms with Gasteiger partial charge in [-0.3, -0.25) is 4.68 Å². The van der Waals surface area contributed by atoms with Gasteiger partial charge in [0.05, 0.1) is 12.5 Å². The maximum Gasteiger partial charge on any atom is 0.435 e. The van der Waals surface area contributed by atoms with E-state index in [1.807, 2.05) is 0 Å². The molecular weight excluding hydrogens is 503 g/mol. The Bertz CT molecular complexity index is 647. The standard InChI is InChI=1S/C16H23F6N5.HI/c1-3-23-14(25-12-6-4-11(5-7-12)15(17,18)19)24-8-10-9-27(2)26-13(10)16(20,21)22;/h9,11-12H,3-8H2,1-2H3,(H2,23,24,25);1H. The van der Waals surface area contributed by atoms with Crippen LogP contribution < -0.4 is 10.6 Å². The van der Waals surface area contributed by atoms with Gasteiger partial charge in [0.2, 0.25) is 0 Å². The molecule has 0 unspecified atom stereocenters. The third-order valence-electron chi connectivity index (χ3n) is 4.46. The second-order valence-corrected chi connectivity index (χ2v) is 6.60. The Morgan fingerprint density at radius 2 is 1.79 bits per heavy atom. The zero-order chi connectivity index (χ0) is 20.2. The first-order valence-electron chi connectivity index (χ1n) is 8.72. The van der Waals surface area contributed by atoms with Gasteiger partial charge in [0.25, 0.3) is 0 Å². The quantitative estimate of drug-likeness (QED) is 0.267. The molecular formula is C16H24F6IN5. The summed E-state index contributed by atoms with van der Waals surface area (Å²) in [6.07, 6.45) is -6.79. The highest BCUT2D eigenvalue weighted by Crippen LogP contribution is 2.37. The number of aryl methyl sites for hydroxylation is 1. The maximum atomic E-state index is 13.0. The number of nitrogens with zero attached hydrogens (tertiary/aromatic N) is 3. The number of nitrogens with one attached hydrogen (secondary N) is 2. The van der Waals surface area contributed by atoms with Crippen LogP contribution in [0.15, 0.2) is 11.2 Å². The number of rotatable bonds is 4. The Balaban J connectivity index is 0.00000392. The van der Waals surface area contributed by atoms with Crippen molar-refractivity contribution in [2.75, 3.05) is 6.54 Å². The molecule has 1 saturated carbocycles. The lowest BCUT2D eigenvalue weighted by molar-refractivity contribution is -0.182. The second kappa shape index (κ2) is 10.0. The monoisotopic (exact) mass is 527 g/mol. The molecule has 0 atom stereocenters. The Kier molecular flexibility index (Phi) is 8.88. The number of hydrogen-bond donors (Lipinski definition) is 2. The van der Waals surface area contributed by atoms with Gasteiger partial charge in [-0.1, -0.05) is 0 Å². The van der Waals surface area contributed by atoms with E-state index in [0.717, 1.165) is 4.68 Å². The van der Waals surface area contributed by atoms with E-state index in [1.165, 1.54) is 13.2 Å². The molecule has 0 saturated heterocycles. The van der Waals surface area contributed by atoms with Crippen molar-refractivity contribution in [3.63, 3.8) is 0 Å². The summed E-state index contributed by atoms with van der Waals surface area (Å²) in [5.41, 5.74) is -1.06. The predicted molar refractivity (Wildman–Crippen MR) is 103 cm³/mol. The van der Waals surface area contributed by atoms with E-state index in [-0.39, 0.29) is 60.9 Å². The minimum Gasteiger partial charge on any atom is -0.357 e. The van der Waals surface area contributed by atoms with Gasteiger partial charge in [-0.25, -0.2) is 4.99 Å². The molecule has 1 aliphatic rings. The summed E-state index contributed by atoms with van der Waals surface area (Å²) < 4.78 is 78.3. The fourth-order valence-electron chi connectivity index (χ4n) is 3.13. The van der Waals surface area contributed by atoms with Crippen molar-refractivity contribution in [2.24, 2.45) is 18.0 Å². The third-order valence-corrected chi connectivity index (χ3v) is 4.46. The van der Waals surface area contributed by atoms with Crippen LogP contribution in [0.4, 0.5) is 26.3 Å². The average Bonchev–Trinajstić information content (AvgIpc) is 2.94. The summed E-state index contributed by atoms with van der Waals surface area (Å²) >= 11 is 0. The van der Waals surface area contributed by atoms with Crippen molar-refractivity contribution in [3.8, 4) is 0 Å². The summed E-state index contributed by atoms with van der Waals surface area (Å²) in [7, 11) is 1.39. The van der Waals surface area contributed by atoms with Crippen molar-refractivity contribution in [1.29, 1.82) is 0 Å². The van der Waals surface area contributed by atoms with E-state index in [2.05, 4.69) is 20.7 Å². The van der Waals surface area contributed by atoms with Gasteiger partial charge in [0.15, 0.2) is 11.7 Å². The topological polar surface area (TPSA) is 54.2 Å². The molecule has 1 aromatic rings. The molecule has 1 heterocycles. The van der Waals surface area contributed by atoms with Crippen molar-refractivity contribution in [2.45, 2.75) is 57.5 Å². The first-order chi connectivity index (χ1) is 12.5. The van der Waals surface area contributed by atoms with E-state index >= 15 is 0 Å². The van der Waals surface area contributed by atoms with Crippen LogP contribution in [0.1, 0.15) is 43.9 Å². The highest BCUT2D eigenvalue weighted by atomic mass is 127. The largest absolute Gasteiger partial charge is 0.435 e. The molecule has 28 heavy (non-hydrogen) atoms. The molecule has 0 aliphatic heterocycles. The predicted octanol–water partition coefficient (Wildman–Crippen LogP) is 4.23. The lowest BCUT2D eigenvalue weighted by Gasteiger charge is -2.31. The van der Waals surface area contributed by atoms with Crippen LogP contribution in [-0.4, -0.2) is 34.5 Å². The molecule has 0 spiro atoms. The number of hydrogen-bond acceptors (Lipinski definition) is 2. The highest BCUT2D eigenvalue weighted by molar-refractivity contribution is 14.0. The Labute approximate surface area is 176 Å². The van der Waals surface area contributed by atoms with Crippen molar-refractivity contribution in [3.05, 3.63) is 17.5 Å². The van der Waals surface area contributed by atoms with Gasteiger partial charge >= 0.3 is 12.4 Å². The molecule has 2 rings (SSSR count). The van der Waals surface area contributed by atoms with Crippen LogP contribution in [0.5, 0.6) is 0 Å². The maximum absolute atomic E-state index is 13.0. The van der Waals surface area contributed by atoms with E-state index in [0.29, 0.717) is 19.4 Å². The normalized spacial score (nSPS) is 21.2. The van der Waals surface area contributed by atoms with Crippen LogP contribution in [0.25, 0.3) is 0 Å². The number of guanidine groups is 1. The van der Waals surface area contributed by atoms with Crippen LogP contribution in [-0.2, 0) is 19.8 Å². The van der Waals surface area contributed by atoms with Crippen LogP contribution >= 0.6 is 24.0 Å².